The van der Waals surface area contributed by atoms with Gasteiger partial charge in [0.25, 0.3) is 0 Å². The second kappa shape index (κ2) is 6.84. The lowest BCUT2D eigenvalue weighted by Crippen LogP contribution is -2.30. The molecule has 2 amide bonds. The van der Waals surface area contributed by atoms with Gasteiger partial charge in [0.2, 0.25) is 17.7 Å². The molecule has 0 aliphatic heterocycles. The Morgan fingerprint density at radius 2 is 1.91 bits per heavy atom. The van der Waals surface area contributed by atoms with Gasteiger partial charge in [0.1, 0.15) is 6.42 Å². The van der Waals surface area contributed by atoms with E-state index < -0.39 is 0 Å². The van der Waals surface area contributed by atoms with Crippen molar-refractivity contribution in [2.45, 2.75) is 26.8 Å². The number of hydrogen-bond donors (Lipinski definition) is 1. The molecular formula is C15H18N4O3. The first kappa shape index (κ1) is 15.7. The Morgan fingerprint density at radius 3 is 2.50 bits per heavy atom. The fourth-order valence-corrected chi connectivity index (χ4v) is 1.81. The minimum atomic E-state index is -0.359. The van der Waals surface area contributed by atoms with Crippen LogP contribution in [0.5, 0.6) is 0 Å². The molecule has 2 rings (SSSR count). The molecule has 0 fully saturated rings. The number of benzene rings is 1. The lowest BCUT2D eigenvalue weighted by atomic mass is 10.2. The summed E-state index contributed by atoms with van der Waals surface area (Å²) in [6.45, 7) is 3.84. The van der Waals surface area contributed by atoms with Crippen LogP contribution in [0.1, 0.15) is 23.7 Å². The molecule has 1 heterocycles. The van der Waals surface area contributed by atoms with E-state index in [4.69, 9.17) is 4.52 Å². The summed E-state index contributed by atoms with van der Waals surface area (Å²) >= 11 is 0. The molecule has 0 spiro atoms. The van der Waals surface area contributed by atoms with Crippen LogP contribution in [0.4, 0.5) is 5.69 Å². The number of aromatic nitrogens is 2. The van der Waals surface area contributed by atoms with Gasteiger partial charge in [-0.05, 0) is 26.0 Å². The predicted molar refractivity (Wildman–Crippen MR) is 79.9 cm³/mol. The van der Waals surface area contributed by atoms with Crippen LogP contribution in [0.2, 0.25) is 0 Å². The Labute approximate surface area is 128 Å². The van der Waals surface area contributed by atoms with Gasteiger partial charge in [0.15, 0.2) is 5.82 Å². The second-order valence-electron chi connectivity index (χ2n) is 5.08. The molecule has 0 aliphatic carbocycles. The minimum absolute atomic E-state index is 0.178. The Hall–Kier alpha value is -2.70. The normalized spacial score (nSPS) is 10.3. The zero-order valence-corrected chi connectivity index (χ0v) is 12.8. The Morgan fingerprint density at radius 1 is 1.23 bits per heavy atom. The SMILES string of the molecule is Cc1ccc(NC(=O)CC(=O)N(C)Cc2nc(C)no2)cc1. The van der Waals surface area contributed by atoms with Crippen molar-refractivity contribution in [3.05, 3.63) is 41.5 Å². The highest BCUT2D eigenvalue weighted by molar-refractivity contribution is 6.03. The summed E-state index contributed by atoms with van der Waals surface area (Å²) in [5.41, 5.74) is 1.77. The van der Waals surface area contributed by atoms with Crippen LogP contribution < -0.4 is 5.32 Å². The maximum Gasteiger partial charge on any atom is 0.246 e. The van der Waals surface area contributed by atoms with Gasteiger partial charge in [0.05, 0.1) is 6.54 Å². The first-order valence-electron chi connectivity index (χ1n) is 6.83. The van der Waals surface area contributed by atoms with Gasteiger partial charge in [-0.1, -0.05) is 22.9 Å². The summed E-state index contributed by atoms with van der Waals surface area (Å²) in [5.74, 6) is 0.170. The molecule has 1 aromatic heterocycles. The van der Waals surface area contributed by atoms with Crippen molar-refractivity contribution in [2.24, 2.45) is 0 Å². The van der Waals surface area contributed by atoms with Crippen molar-refractivity contribution in [1.29, 1.82) is 0 Å². The molecule has 0 atom stereocenters. The summed E-state index contributed by atoms with van der Waals surface area (Å²) in [5, 5.41) is 6.33. The van der Waals surface area contributed by atoms with E-state index in [2.05, 4.69) is 15.5 Å². The molecule has 0 aliphatic rings. The topological polar surface area (TPSA) is 88.3 Å². The van der Waals surface area contributed by atoms with Crippen LogP contribution in [0.3, 0.4) is 0 Å². The van der Waals surface area contributed by atoms with E-state index in [0.717, 1.165) is 5.56 Å². The fourth-order valence-electron chi connectivity index (χ4n) is 1.81. The fraction of sp³-hybridized carbons (Fsp3) is 0.333. The number of nitrogens with zero attached hydrogens (tertiary/aromatic N) is 3. The lowest BCUT2D eigenvalue weighted by molar-refractivity contribution is -0.134. The predicted octanol–water partition coefficient (Wildman–Crippen LogP) is 1.67. The van der Waals surface area contributed by atoms with E-state index in [1.807, 2.05) is 19.1 Å². The van der Waals surface area contributed by atoms with Crippen molar-refractivity contribution in [3.63, 3.8) is 0 Å². The molecule has 0 unspecified atom stereocenters. The number of rotatable bonds is 5. The smallest absolute Gasteiger partial charge is 0.246 e. The van der Waals surface area contributed by atoms with Crippen LogP contribution in [0, 0.1) is 13.8 Å². The number of carbonyl (C=O) groups excluding carboxylic acids is 2. The molecule has 1 N–H and O–H groups in total. The van der Waals surface area contributed by atoms with E-state index in [-0.39, 0.29) is 24.8 Å². The average molecular weight is 302 g/mol. The largest absolute Gasteiger partial charge is 0.337 e. The first-order valence-corrected chi connectivity index (χ1v) is 6.83. The monoisotopic (exact) mass is 302 g/mol. The molecule has 0 bridgehead atoms. The third kappa shape index (κ3) is 4.41. The number of amides is 2. The summed E-state index contributed by atoms with van der Waals surface area (Å²) in [4.78, 5) is 29.2. The number of anilines is 1. The lowest BCUT2D eigenvalue weighted by Gasteiger charge is -2.14. The van der Waals surface area contributed by atoms with Crippen molar-refractivity contribution >= 4 is 17.5 Å². The zero-order valence-electron chi connectivity index (χ0n) is 12.8. The number of carbonyl (C=O) groups is 2. The van der Waals surface area contributed by atoms with Gasteiger partial charge >= 0.3 is 0 Å². The molecule has 7 nitrogen and oxygen atoms in total. The molecule has 22 heavy (non-hydrogen) atoms. The standard InChI is InChI=1S/C15H18N4O3/c1-10-4-6-12(7-5-10)17-13(20)8-15(21)19(3)9-14-16-11(2)18-22-14/h4-7H,8-9H2,1-3H3,(H,17,20). The molecule has 7 heteroatoms. The third-order valence-electron chi connectivity index (χ3n) is 3.01. The first-order chi connectivity index (χ1) is 10.4. The van der Waals surface area contributed by atoms with Crippen molar-refractivity contribution < 1.29 is 14.1 Å². The summed E-state index contributed by atoms with van der Waals surface area (Å²) in [6, 6.07) is 7.37. The van der Waals surface area contributed by atoms with E-state index >= 15 is 0 Å². The number of nitrogens with one attached hydrogen (secondary N) is 1. The van der Waals surface area contributed by atoms with Crippen LogP contribution in [0.25, 0.3) is 0 Å². The second-order valence-corrected chi connectivity index (χ2v) is 5.08. The highest BCUT2D eigenvalue weighted by Gasteiger charge is 2.16. The van der Waals surface area contributed by atoms with Gasteiger partial charge in [-0.2, -0.15) is 4.98 Å². The van der Waals surface area contributed by atoms with Gasteiger partial charge in [-0.25, -0.2) is 0 Å². The third-order valence-corrected chi connectivity index (χ3v) is 3.01. The zero-order chi connectivity index (χ0) is 16.1. The van der Waals surface area contributed by atoms with E-state index in [1.165, 1.54) is 4.90 Å². The average Bonchev–Trinajstić information content (AvgIpc) is 2.86. The molecule has 0 saturated carbocycles. The van der Waals surface area contributed by atoms with Gasteiger partial charge in [0, 0.05) is 12.7 Å². The molecule has 1 aromatic carbocycles. The van der Waals surface area contributed by atoms with Crippen molar-refractivity contribution in [1.82, 2.24) is 15.0 Å². The summed E-state index contributed by atoms with van der Waals surface area (Å²) in [7, 11) is 1.58. The van der Waals surface area contributed by atoms with Crippen molar-refractivity contribution in [2.75, 3.05) is 12.4 Å². The maximum absolute atomic E-state index is 12.0. The molecule has 116 valence electrons. The van der Waals surface area contributed by atoms with Gasteiger partial charge in [-0.15, -0.1) is 0 Å². The van der Waals surface area contributed by atoms with E-state index in [0.29, 0.717) is 17.4 Å². The minimum Gasteiger partial charge on any atom is -0.337 e. The van der Waals surface area contributed by atoms with Gasteiger partial charge < -0.3 is 14.7 Å². The molecule has 0 saturated heterocycles. The maximum atomic E-state index is 12.0. The summed E-state index contributed by atoms with van der Waals surface area (Å²) < 4.78 is 4.94. The Balaban J connectivity index is 1.85. The van der Waals surface area contributed by atoms with Crippen LogP contribution in [-0.4, -0.2) is 33.9 Å². The molecule has 2 aromatic rings. The van der Waals surface area contributed by atoms with Crippen LogP contribution in [-0.2, 0) is 16.1 Å². The van der Waals surface area contributed by atoms with E-state index in [1.54, 1.807) is 26.1 Å². The highest BCUT2D eigenvalue weighted by atomic mass is 16.5. The number of aryl methyl sites for hydroxylation is 2. The highest BCUT2D eigenvalue weighted by Crippen LogP contribution is 2.09. The van der Waals surface area contributed by atoms with E-state index in [9.17, 15) is 9.59 Å². The quantitative estimate of drug-likeness (QED) is 0.849. The number of hydrogen-bond acceptors (Lipinski definition) is 5. The van der Waals surface area contributed by atoms with Crippen molar-refractivity contribution in [3.8, 4) is 0 Å². The Bertz CT molecular complexity index is 664. The summed E-state index contributed by atoms with van der Waals surface area (Å²) in [6.07, 6.45) is -0.239. The molecule has 0 radical (unpaired) electrons. The Kier molecular flexibility index (Phi) is 4.88. The van der Waals surface area contributed by atoms with Crippen LogP contribution in [0.15, 0.2) is 28.8 Å². The van der Waals surface area contributed by atoms with Crippen LogP contribution >= 0.6 is 0 Å². The molecular weight excluding hydrogens is 284 g/mol. The van der Waals surface area contributed by atoms with Gasteiger partial charge in [-0.3, -0.25) is 9.59 Å².